The van der Waals surface area contributed by atoms with Crippen LogP contribution < -0.4 is 0 Å². The summed E-state index contributed by atoms with van der Waals surface area (Å²) in [6, 6.07) is 6.48. The molecule has 1 aliphatic rings. The first-order valence-electron chi connectivity index (χ1n) is 7.34. The number of fused-ring (bicyclic) bond motifs is 1. The van der Waals surface area contributed by atoms with Crippen LogP contribution in [0.4, 0.5) is 0 Å². The van der Waals surface area contributed by atoms with Crippen molar-refractivity contribution in [2.45, 2.75) is 26.4 Å². The molecule has 1 aliphatic carbocycles. The fourth-order valence-electron chi connectivity index (χ4n) is 2.36. The van der Waals surface area contributed by atoms with Crippen molar-refractivity contribution in [3.05, 3.63) is 71.5 Å². The van der Waals surface area contributed by atoms with Gasteiger partial charge in [-0.15, -0.1) is 0 Å². The van der Waals surface area contributed by atoms with E-state index in [-0.39, 0.29) is 33.8 Å². The number of carbonyl (C=O) groups is 3. The molecule has 1 aromatic rings. The third-order valence-corrected chi connectivity index (χ3v) is 3.74. The Hall–Kier alpha value is -2.75. The van der Waals surface area contributed by atoms with Gasteiger partial charge in [-0.3, -0.25) is 14.4 Å². The van der Waals surface area contributed by atoms with Gasteiger partial charge in [0.1, 0.15) is 6.10 Å². The Bertz CT molecular complexity index is 752. The Morgan fingerprint density at radius 2 is 1.78 bits per heavy atom. The summed E-state index contributed by atoms with van der Waals surface area (Å²) >= 11 is 0. The summed E-state index contributed by atoms with van der Waals surface area (Å²) in [7, 11) is 0. The van der Waals surface area contributed by atoms with Crippen molar-refractivity contribution in [3.63, 3.8) is 0 Å². The van der Waals surface area contributed by atoms with Crippen molar-refractivity contribution < 1.29 is 19.1 Å². The highest BCUT2D eigenvalue weighted by atomic mass is 16.5. The first kappa shape index (κ1) is 16.6. The molecule has 1 atom stereocenters. The zero-order chi connectivity index (χ0) is 17.1. The van der Waals surface area contributed by atoms with E-state index in [0.717, 1.165) is 0 Å². The van der Waals surface area contributed by atoms with E-state index in [2.05, 4.69) is 13.2 Å². The maximum atomic E-state index is 12.7. The van der Waals surface area contributed by atoms with Gasteiger partial charge in [0.05, 0.1) is 5.57 Å². The second-order valence-corrected chi connectivity index (χ2v) is 5.24. The van der Waals surface area contributed by atoms with Crippen molar-refractivity contribution in [1.82, 2.24) is 0 Å². The molecule has 0 heterocycles. The molecule has 0 saturated heterocycles. The van der Waals surface area contributed by atoms with Crippen LogP contribution in [0.5, 0.6) is 0 Å². The molecule has 0 saturated carbocycles. The molecule has 0 N–H and O–H groups in total. The molecule has 0 bridgehead atoms. The summed E-state index contributed by atoms with van der Waals surface area (Å²) in [5, 5.41) is 0. The van der Waals surface area contributed by atoms with E-state index in [1.54, 1.807) is 30.3 Å². The van der Waals surface area contributed by atoms with Gasteiger partial charge in [-0.1, -0.05) is 50.4 Å². The fourth-order valence-corrected chi connectivity index (χ4v) is 2.36. The number of ketones is 3. The molecule has 2 rings (SSSR count). The minimum Gasteiger partial charge on any atom is -0.481 e. The third-order valence-electron chi connectivity index (χ3n) is 3.74. The van der Waals surface area contributed by atoms with Crippen LogP contribution in [0.1, 0.15) is 41.0 Å². The van der Waals surface area contributed by atoms with Crippen molar-refractivity contribution in [1.29, 1.82) is 0 Å². The molecule has 0 amide bonds. The first-order chi connectivity index (χ1) is 10.9. The van der Waals surface area contributed by atoms with E-state index >= 15 is 0 Å². The summed E-state index contributed by atoms with van der Waals surface area (Å²) in [6.07, 6.45) is 1.71. The predicted molar refractivity (Wildman–Crippen MR) is 87.3 cm³/mol. The van der Waals surface area contributed by atoms with Crippen LogP contribution in [0.3, 0.4) is 0 Å². The van der Waals surface area contributed by atoms with Crippen molar-refractivity contribution in [2.75, 3.05) is 0 Å². The highest BCUT2D eigenvalue weighted by molar-refractivity contribution is 6.30. The Labute approximate surface area is 135 Å². The molecule has 0 fully saturated rings. The molecule has 4 nitrogen and oxygen atoms in total. The fraction of sp³-hybridized carbons (Fsp3) is 0.211. The first-order valence-corrected chi connectivity index (χ1v) is 7.34. The second-order valence-electron chi connectivity index (χ2n) is 5.24. The molecular weight excluding hydrogens is 292 g/mol. The van der Waals surface area contributed by atoms with Gasteiger partial charge in [-0.2, -0.15) is 0 Å². The van der Waals surface area contributed by atoms with Gasteiger partial charge in [0.25, 0.3) is 0 Å². The van der Waals surface area contributed by atoms with Crippen LogP contribution >= 0.6 is 0 Å². The maximum absolute atomic E-state index is 12.7. The highest BCUT2D eigenvalue weighted by Gasteiger charge is 2.36. The van der Waals surface area contributed by atoms with Crippen LogP contribution in [0, 0.1) is 0 Å². The summed E-state index contributed by atoms with van der Waals surface area (Å²) in [6.45, 7) is 10.5. The number of allylic oxidation sites excluding steroid dienone is 3. The highest BCUT2D eigenvalue weighted by Crippen LogP contribution is 2.31. The number of benzene rings is 1. The van der Waals surface area contributed by atoms with E-state index in [4.69, 9.17) is 4.74 Å². The van der Waals surface area contributed by atoms with Crippen molar-refractivity contribution >= 4 is 17.3 Å². The second kappa shape index (κ2) is 6.57. The average Bonchev–Trinajstić information content (AvgIpc) is 2.56. The number of hydrogen-bond donors (Lipinski definition) is 0. The topological polar surface area (TPSA) is 60.4 Å². The number of ether oxygens (including phenoxy) is 1. The van der Waals surface area contributed by atoms with Gasteiger partial charge >= 0.3 is 0 Å². The molecular formula is C19H18O4. The number of rotatable bonds is 6. The lowest BCUT2D eigenvalue weighted by Gasteiger charge is -2.24. The number of Topliss-reactive ketones (excluding diaryl/α,β-unsaturated/α-hetero) is 3. The van der Waals surface area contributed by atoms with E-state index in [0.29, 0.717) is 6.42 Å². The Kier molecular flexibility index (Phi) is 4.74. The Morgan fingerprint density at radius 3 is 2.26 bits per heavy atom. The van der Waals surface area contributed by atoms with E-state index in [1.807, 2.05) is 6.92 Å². The van der Waals surface area contributed by atoms with Gasteiger partial charge < -0.3 is 4.74 Å². The van der Waals surface area contributed by atoms with Crippen LogP contribution in [-0.2, 0) is 9.53 Å². The largest absolute Gasteiger partial charge is 0.481 e. The molecule has 0 spiro atoms. The Morgan fingerprint density at radius 1 is 1.22 bits per heavy atom. The van der Waals surface area contributed by atoms with Crippen LogP contribution in [0.2, 0.25) is 0 Å². The monoisotopic (exact) mass is 310 g/mol. The standard InChI is InChI=1S/C19H18O4/c1-5-13(6-2)23-19-16(11(3)12(4)20)17(21)14-9-7-8-10-15(14)18(19)22/h5,7-10,13H,1,3,6H2,2,4H3. The minimum atomic E-state index is -0.429. The number of hydrogen-bond acceptors (Lipinski definition) is 4. The molecule has 0 radical (unpaired) electrons. The summed E-state index contributed by atoms with van der Waals surface area (Å²) in [5.41, 5.74) is 0.452. The van der Waals surface area contributed by atoms with Gasteiger partial charge in [0.15, 0.2) is 17.3 Å². The smallest absolute Gasteiger partial charge is 0.229 e. The normalized spacial score (nSPS) is 15.0. The van der Waals surface area contributed by atoms with Gasteiger partial charge in [0, 0.05) is 16.7 Å². The zero-order valence-electron chi connectivity index (χ0n) is 13.2. The zero-order valence-corrected chi connectivity index (χ0v) is 13.2. The summed E-state index contributed by atoms with van der Waals surface area (Å²) in [5.74, 6) is -1.35. The van der Waals surface area contributed by atoms with Crippen LogP contribution in [-0.4, -0.2) is 23.5 Å². The van der Waals surface area contributed by atoms with E-state index in [9.17, 15) is 14.4 Å². The van der Waals surface area contributed by atoms with E-state index < -0.39 is 17.7 Å². The Balaban J connectivity index is 2.66. The lowest BCUT2D eigenvalue weighted by atomic mass is 9.84. The SMILES string of the molecule is C=CC(CC)OC1=C(C(=C)C(C)=O)C(=O)c2ccccc2C1=O. The van der Waals surface area contributed by atoms with Crippen LogP contribution in [0.25, 0.3) is 0 Å². The maximum Gasteiger partial charge on any atom is 0.229 e. The van der Waals surface area contributed by atoms with Crippen LogP contribution in [0.15, 0.2) is 60.4 Å². The molecule has 0 aliphatic heterocycles. The third kappa shape index (κ3) is 2.93. The lowest BCUT2D eigenvalue weighted by molar-refractivity contribution is -0.113. The molecule has 1 aromatic carbocycles. The average molecular weight is 310 g/mol. The van der Waals surface area contributed by atoms with Gasteiger partial charge in [-0.05, 0) is 13.3 Å². The van der Waals surface area contributed by atoms with Crippen molar-refractivity contribution in [3.8, 4) is 0 Å². The quantitative estimate of drug-likeness (QED) is 0.596. The molecule has 0 aromatic heterocycles. The molecule has 4 heteroatoms. The molecule has 118 valence electrons. The van der Waals surface area contributed by atoms with E-state index in [1.165, 1.54) is 6.92 Å². The minimum absolute atomic E-state index is 0.0215. The lowest BCUT2D eigenvalue weighted by Crippen LogP contribution is -2.27. The summed E-state index contributed by atoms with van der Waals surface area (Å²) < 4.78 is 5.69. The van der Waals surface area contributed by atoms with Crippen molar-refractivity contribution in [2.24, 2.45) is 0 Å². The number of carbonyl (C=O) groups excluding carboxylic acids is 3. The molecule has 1 unspecified atom stereocenters. The molecule has 23 heavy (non-hydrogen) atoms. The predicted octanol–water partition coefficient (Wildman–Crippen LogP) is 3.45. The summed E-state index contributed by atoms with van der Waals surface area (Å²) in [4.78, 5) is 37.2. The van der Waals surface area contributed by atoms with Gasteiger partial charge in [0.2, 0.25) is 5.78 Å². The van der Waals surface area contributed by atoms with Gasteiger partial charge in [-0.25, -0.2) is 0 Å².